The highest BCUT2D eigenvalue weighted by molar-refractivity contribution is 5.91. The number of fused-ring (bicyclic) bond motifs is 1. The van der Waals surface area contributed by atoms with Gasteiger partial charge in [0.2, 0.25) is 0 Å². The summed E-state index contributed by atoms with van der Waals surface area (Å²) in [5.74, 6) is 0.603. The number of imidazole rings is 1. The van der Waals surface area contributed by atoms with Crippen molar-refractivity contribution >= 4 is 17.1 Å². The van der Waals surface area contributed by atoms with Crippen molar-refractivity contribution in [2.75, 3.05) is 7.11 Å². The van der Waals surface area contributed by atoms with Gasteiger partial charge in [-0.15, -0.1) is 0 Å². The number of hydrogen-bond donors (Lipinski definition) is 0. The molecule has 0 saturated heterocycles. The van der Waals surface area contributed by atoms with E-state index in [1.54, 1.807) is 0 Å². The molecular weight excluding hydrogens is 264 g/mol. The number of methoxy groups -OCH3 is 1. The summed E-state index contributed by atoms with van der Waals surface area (Å²) >= 11 is 0. The van der Waals surface area contributed by atoms with Gasteiger partial charge in [0, 0.05) is 5.56 Å². The maximum atomic E-state index is 12.1. The molecule has 4 heteroatoms. The van der Waals surface area contributed by atoms with Crippen LogP contribution in [0.4, 0.5) is 4.79 Å². The Hall–Kier alpha value is -2.62. The van der Waals surface area contributed by atoms with Crippen molar-refractivity contribution in [3.8, 4) is 11.4 Å². The average molecular weight is 280 g/mol. The lowest BCUT2D eigenvalue weighted by Crippen LogP contribution is -2.12. The van der Waals surface area contributed by atoms with Crippen molar-refractivity contribution in [3.63, 3.8) is 0 Å². The number of nitrogens with zero attached hydrogens (tertiary/aromatic N) is 2. The predicted octanol–water partition coefficient (Wildman–Crippen LogP) is 3.88. The summed E-state index contributed by atoms with van der Waals surface area (Å²) in [6, 6.07) is 15.6. The fourth-order valence-corrected chi connectivity index (χ4v) is 2.39. The van der Waals surface area contributed by atoms with E-state index in [1.165, 1.54) is 17.2 Å². The molecule has 0 aliphatic heterocycles. The molecule has 0 aliphatic rings. The molecule has 0 bridgehead atoms. The molecule has 4 nitrogen and oxygen atoms in total. The molecule has 0 N–H and O–H groups in total. The average Bonchev–Trinajstić information content (AvgIpc) is 2.93. The first-order chi connectivity index (χ1) is 10.2. The molecule has 0 atom stereocenters. The number of carbonyl (C=O) groups excluding carboxylic acids is 1. The number of hydrogen-bond acceptors (Lipinski definition) is 3. The van der Waals surface area contributed by atoms with Crippen molar-refractivity contribution in [2.45, 2.75) is 13.3 Å². The molecule has 1 heterocycles. The zero-order valence-corrected chi connectivity index (χ0v) is 12.0. The molecule has 0 radical (unpaired) electrons. The van der Waals surface area contributed by atoms with Gasteiger partial charge < -0.3 is 4.74 Å². The number of para-hydroxylation sites is 2. The van der Waals surface area contributed by atoms with E-state index >= 15 is 0 Å². The zero-order chi connectivity index (χ0) is 14.8. The Bertz CT molecular complexity index is 788. The third-order valence-corrected chi connectivity index (χ3v) is 3.54. The van der Waals surface area contributed by atoms with Gasteiger partial charge in [-0.25, -0.2) is 14.3 Å². The Morgan fingerprint density at radius 1 is 1.14 bits per heavy atom. The molecule has 0 unspecified atom stereocenters. The first kappa shape index (κ1) is 13.4. The number of aryl methyl sites for hydroxylation is 1. The Morgan fingerprint density at radius 2 is 1.86 bits per heavy atom. The highest BCUT2D eigenvalue weighted by Crippen LogP contribution is 2.25. The van der Waals surface area contributed by atoms with Crippen LogP contribution >= 0.6 is 0 Å². The summed E-state index contributed by atoms with van der Waals surface area (Å²) in [5.41, 5.74) is 3.67. The SMILES string of the molecule is CCc1ccc(-c2nc3ccccc3n2C(=O)OC)cc1. The smallest absolute Gasteiger partial charge is 0.419 e. The molecule has 2 aromatic carbocycles. The molecule has 1 aromatic heterocycles. The van der Waals surface area contributed by atoms with Gasteiger partial charge in [0.15, 0.2) is 5.82 Å². The minimum atomic E-state index is -0.432. The number of aromatic nitrogens is 2. The van der Waals surface area contributed by atoms with E-state index in [0.29, 0.717) is 5.82 Å². The summed E-state index contributed by atoms with van der Waals surface area (Å²) in [7, 11) is 1.38. The van der Waals surface area contributed by atoms with E-state index in [-0.39, 0.29) is 0 Å². The fraction of sp³-hybridized carbons (Fsp3) is 0.176. The van der Waals surface area contributed by atoms with Gasteiger partial charge in [0.05, 0.1) is 18.1 Å². The van der Waals surface area contributed by atoms with Gasteiger partial charge in [0.25, 0.3) is 0 Å². The predicted molar refractivity (Wildman–Crippen MR) is 82.4 cm³/mol. The summed E-state index contributed by atoms with van der Waals surface area (Å²) < 4.78 is 6.40. The Kier molecular flexibility index (Phi) is 3.44. The van der Waals surface area contributed by atoms with Gasteiger partial charge >= 0.3 is 6.09 Å². The van der Waals surface area contributed by atoms with Crippen molar-refractivity contribution < 1.29 is 9.53 Å². The van der Waals surface area contributed by atoms with Crippen molar-refractivity contribution in [3.05, 3.63) is 54.1 Å². The van der Waals surface area contributed by atoms with Crippen LogP contribution in [0, 0.1) is 0 Å². The molecule has 0 saturated carbocycles. The minimum Gasteiger partial charge on any atom is -0.452 e. The summed E-state index contributed by atoms with van der Waals surface area (Å²) in [6.45, 7) is 2.11. The van der Waals surface area contributed by atoms with Crippen LogP contribution < -0.4 is 0 Å². The van der Waals surface area contributed by atoms with E-state index < -0.39 is 6.09 Å². The number of ether oxygens (including phenoxy) is 1. The lowest BCUT2D eigenvalue weighted by Gasteiger charge is -2.06. The van der Waals surface area contributed by atoms with Gasteiger partial charge in [-0.05, 0) is 24.1 Å². The maximum absolute atomic E-state index is 12.1. The van der Waals surface area contributed by atoms with Crippen LogP contribution in [-0.2, 0) is 11.2 Å². The van der Waals surface area contributed by atoms with Crippen LogP contribution in [0.25, 0.3) is 22.4 Å². The van der Waals surface area contributed by atoms with E-state index in [4.69, 9.17) is 4.74 Å². The van der Waals surface area contributed by atoms with Gasteiger partial charge in [0.1, 0.15) is 0 Å². The van der Waals surface area contributed by atoms with Crippen molar-refractivity contribution in [1.82, 2.24) is 9.55 Å². The Balaban J connectivity index is 2.22. The first-order valence-corrected chi connectivity index (χ1v) is 6.89. The molecule has 106 valence electrons. The highest BCUT2D eigenvalue weighted by Gasteiger charge is 2.18. The monoisotopic (exact) mass is 280 g/mol. The summed E-state index contributed by atoms with van der Waals surface area (Å²) in [6.07, 6.45) is 0.548. The number of benzene rings is 2. The summed E-state index contributed by atoms with van der Waals surface area (Å²) in [4.78, 5) is 16.7. The molecular formula is C17H16N2O2. The second-order valence-corrected chi connectivity index (χ2v) is 4.78. The number of rotatable bonds is 2. The molecule has 0 spiro atoms. The molecule has 0 aliphatic carbocycles. The molecule has 0 amide bonds. The Morgan fingerprint density at radius 3 is 2.52 bits per heavy atom. The molecule has 3 rings (SSSR count). The van der Waals surface area contributed by atoms with E-state index in [1.807, 2.05) is 36.4 Å². The van der Waals surface area contributed by atoms with Gasteiger partial charge in [-0.3, -0.25) is 0 Å². The van der Waals surface area contributed by atoms with Crippen LogP contribution in [-0.4, -0.2) is 22.8 Å². The van der Waals surface area contributed by atoms with Gasteiger partial charge in [-0.2, -0.15) is 0 Å². The zero-order valence-electron chi connectivity index (χ0n) is 12.0. The Labute approximate surface area is 123 Å². The standard InChI is InChI=1S/C17H16N2O2/c1-3-12-8-10-13(11-9-12)16-18-14-6-4-5-7-15(14)19(16)17(20)21-2/h4-11H,3H2,1-2H3. The second kappa shape index (κ2) is 5.40. The number of carbonyl (C=O) groups is 1. The largest absolute Gasteiger partial charge is 0.452 e. The lowest BCUT2D eigenvalue weighted by molar-refractivity contribution is 0.174. The molecule has 21 heavy (non-hydrogen) atoms. The molecule has 3 aromatic rings. The minimum absolute atomic E-state index is 0.432. The van der Waals surface area contributed by atoms with Crippen LogP contribution in [0.3, 0.4) is 0 Å². The van der Waals surface area contributed by atoms with Crippen LogP contribution in [0.5, 0.6) is 0 Å². The van der Waals surface area contributed by atoms with Gasteiger partial charge in [-0.1, -0.05) is 43.3 Å². The summed E-state index contributed by atoms with van der Waals surface area (Å²) in [5, 5.41) is 0. The molecule has 0 fully saturated rings. The normalized spacial score (nSPS) is 10.8. The third-order valence-electron chi connectivity index (χ3n) is 3.54. The van der Waals surface area contributed by atoms with E-state index in [0.717, 1.165) is 23.0 Å². The topological polar surface area (TPSA) is 44.1 Å². The van der Waals surface area contributed by atoms with Crippen LogP contribution in [0.2, 0.25) is 0 Å². The quantitative estimate of drug-likeness (QED) is 0.715. The fourth-order valence-electron chi connectivity index (χ4n) is 2.39. The lowest BCUT2D eigenvalue weighted by atomic mass is 10.1. The third kappa shape index (κ3) is 2.29. The highest BCUT2D eigenvalue weighted by atomic mass is 16.5. The van der Waals surface area contributed by atoms with E-state index in [9.17, 15) is 4.79 Å². The maximum Gasteiger partial charge on any atom is 0.419 e. The van der Waals surface area contributed by atoms with E-state index in [2.05, 4.69) is 24.0 Å². The van der Waals surface area contributed by atoms with Crippen molar-refractivity contribution in [2.24, 2.45) is 0 Å². The van der Waals surface area contributed by atoms with Crippen LogP contribution in [0.1, 0.15) is 12.5 Å². The second-order valence-electron chi connectivity index (χ2n) is 4.78. The van der Waals surface area contributed by atoms with Crippen molar-refractivity contribution in [1.29, 1.82) is 0 Å². The van der Waals surface area contributed by atoms with Crippen LogP contribution in [0.15, 0.2) is 48.5 Å². The first-order valence-electron chi connectivity index (χ1n) is 6.89.